The van der Waals surface area contributed by atoms with E-state index in [-0.39, 0.29) is 12.7 Å². The second kappa shape index (κ2) is 6.52. The van der Waals surface area contributed by atoms with Crippen molar-refractivity contribution in [2.45, 2.75) is 25.5 Å². The Morgan fingerprint density at radius 2 is 1.94 bits per heavy atom. The molecule has 0 aromatic heterocycles. The Balaban J connectivity index is 1.74. The first-order chi connectivity index (χ1) is 8.38. The highest BCUT2D eigenvalue weighted by Crippen LogP contribution is 2.15. The Kier molecular flexibility index (Phi) is 4.71. The molecule has 1 heterocycles. The number of piperidine rings is 1. The summed E-state index contributed by atoms with van der Waals surface area (Å²) < 4.78 is 5.44. The van der Waals surface area contributed by atoms with E-state index in [1.165, 1.54) is 5.56 Å². The fourth-order valence-corrected chi connectivity index (χ4v) is 2.25. The predicted molar refractivity (Wildman–Crippen MR) is 66.8 cm³/mol. The van der Waals surface area contributed by atoms with Crippen molar-refractivity contribution in [3.05, 3.63) is 35.9 Å². The van der Waals surface area contributed by atoms with Gasteiger partial charge in [-0.05, 0) is 18.4 Å². The molecule has 0 unspecified atom stereocenters. The number of hydrogen-bond donors (Lipinski definition) is 0. The van der Waals surface area contributed by atoms with Crippen LogP contribution in [0.5, 0.6) is 0 Å². The van der Waals surface area contributed by atoms with Gasteiger partial charge in [-0.25, -0.2) is 0 Å². The summed E-state index contributed by atoms with van der Waals surface area (Å²) in [6.45, 7) is 3.36. The molecule has 0 atom stereocenters. The summed E-state index contributed by atoms with van der Waals surface area (Å²) in [5.41, 5.74) is 1.36. The van der Waals surface area contributed by atoms with E-state index < -0.39 is 0 Å². The summed E-state index contributed by atoms with van der Waals surface area (Å²) in [7, 11) is 0. The van der Waals surface area contributed by atoms with Crippen LogP contribution in [0, 0.1) is 0 Å². The maximum atomic E-state index is 10.2. The van der Waals surface area contributed by atoms with Gasteiger partial charge in [-0.1, -0.05) is 30.3 Å². The lowest BCUT2D eigenvalue weighted by Crippen LogP contribution is -2.36. The molecule has 0 amide bonds. The zero-order valence-corrected chi connectivity index (χ0v) is 10.0. The molecular formula is C14H19NO2. The van der Waals surface area contributed by atoms with Crippen LogP contribution in [0.4, 0.5) is 0 Å². The van der Waals surface area contributed by atoms with Crippen LogP contribution in [0.15, 0.2) is 30.3 Å². The Hall–Kier alpha value is -1.19. The molecule has 2 rings (SSSR count). The van der Waals surface area contributed by atoms with Crippen LogP contribution in [-0.4, -0.2) is 37.0 Å². The predicted octanol–water partition coefficient (Wildman–Crippen LogP) is 1.87. The molecule has 3 nitrogen and oxygen atoms in total. The Bertz CT molecular complexity index is 331. The summed E-state index contributed by atoms with van der Waals surface area (Å²) in [6, 6.07) is 10.5. The fourth-order valence-electron chi connectivity index (χ4n) is 2.25. The van der Waals surface area contributed by atoms with Crippen LogP contribution in [0.1, 0.15) is 18.4 Å². The van der Waals surface area contributed by atoms with Crippen molar-refractivity contribution >= 4 is 6.29 Å². The minimum absolute atomic E-state index is 0.239. The van der Waals surface area contributed by atoms with Gasteiger partial charge in [-0.15, -0.1) is 0 Å². The van der Waals surface area contributed by atoms with Gasteiger partial charge in [0.05, 0.1) is 6.10 Å². The zero-order chi connectivity index (χ0) is 11.9. The number of carbonyl (C=O) groups excluding carboxylic acids is 1. The monoisotopic (exact) mass is 233 g/mol. The molecule has 1 aliphatic heterocycles. The summed E-state index contributed by atoms with van der Waals surface area (Å²) in [6.07, 6.45) is 3.16. The molecule has 17 heavy (non-hydrogen) atoms. The highest BCUT2D eigenvalue weighted by atomic mass is 16.5. The number of nitrogens with zero attached hydrogens (tertiary/aromatic N) is 1. The molecule has 3 heteroatoms. The number of carbonyl (C=O) groups is 1. The zero-order valence-electron chi connectivity index (χ0n) is 10.0. The third-order valence-electron chi connectivity index (χ3n) is 3.18. The van der Waals surface area contributed by atoms with Gasteiger partial charge in [-0.2, -0.15) is 0 Å². The van der Waals surface area contributed by atoms with Crippen molar-refractivity contribution in [3.63, 3.8) is 0 Å². The third-order valence-corrected chi connectivity index (χ3v) is 3.18. The summed E-state index contributed by atoms with van der Waals surface area (Å²) in [5, 5.41) is 0. The maximum absolute atomic E-state index is 10.2. The van der Waals surface area contributed by atoms with Crippen molar-refractivity contribution in [2.75, 3.05) is 19.7 Å². The topological polar surface area (TPSA) is 29.5 Å². The van der Waals surface area contributed by atoms with E-state index in [2.05, 4.69) is 29.2 Å². The second-order valence-electron chi connectivity index (χ2n) is 4.46. The highest BCUT2D eigenvalue weighted by molar-refractivity contribution is 5.50. The van der Waals surface area contributed by atoms with E-state index >= 15 is 0 Å². The van der Waals surface area contributed by atoms with Crippen molar-refractivity contribution in [1.82, 2.24) is 4.90 Å². The molecule has 1 aromatic rings. The molecule has 1 saturated heterocycles. The first kappa shape index (κ1) is 12.3. The van der Waals surface area contributed by atoms with E-state index in [1.54, 1.807) is 0 Å². The van der Waals surface area contributed by atoms with Crippen molar-refractivity contribution in [2.24, 2.45) is 0 Å². The lowest BCUT2D eigenvalue weighted by molar-refractivity contribution is -0.114. The SMILES string of the molecule is O=CCOC1CCN(Cc2ccccc2)CC1. The van der Waals surface area contributed by atoms with Gasteiger partial charge in [0, 0.05) is 19.6 Å². The Morgan fingerprint density at radius 1 is 1.24 bits per heavy atom. The summed E-state index contributed by atoms with van der Waals surface area (Å²) in [5.74, 6) is 0. The molecule has 0 aliphatic carbocycles. The molecule has 0 bridgehead atoms. The molecule has 0 N–H and O–H groups in total. The lowest BCUT2D eigenvalue weighted by Gasteiger charge is -2.31. The number of rotatable bonds is 5. The van der Waals surface area contributed by atoms with Crippen LogP contribution >= 0.6 is 0 Å². The summed E-state index contributed by atoms with van der Waals surface area (Å²) >= 11 is 0. The first-order valence-corrected chi connectivity index (χ1v) is 6.20. The van der Waals surface area contributed by atoms with E-state index in [1.807, 2.05) is 6.07 Å². The molecule has 1 fully saturated rings. The summed E-state index contributed by atoms with van der Waals surface area (Å²) in [4.78, 5) is 12.7. The minimum atomic E-state index is 0.239. The smallest absolute Gasteiger partial charge is 0.145 e. The van der Waals surface area contributed by atoms with Crippen molar-refractivity contribution in [1.29, 1.82) is 0 Å². The second-order valence-corrected chi connectivity index (χ2v) is 4.46. The molecule has 1 aromatic carbocycles. The standard InChI is InChI=1S/C14H19NO2/c16-10-11-17-14-6-8-15(9-7-14)12-13-4-2-1-3-5-13/h1-5,10,14H,6-9,11-12H2. The molecule has 0 spiro atoms. The van der Waals surface area contributed by atoms with Crippen LogP contribution in [0.2, 0.25) is 0 Å². The highest BCUT2D eigenvalue weighted by Gasteiger charge is 2.19. The van der Waals surface area contributed by atoms with E-state index in [4.69, 9.17) is 4.74 Å². The minimum Gasteiger partial charge on any atom is -0.371 e. The van der Waals surface area contributed by atoms with Gasteiger partial charge in [0.25, 0.3) is 0 Å². The van der Waals surface area contributed by atoms with E-state index in [0.717, 1.165) is 38.8 Å². The van der Waals surface area contributed by atoms with Crippen LogP contribution < -0.4 is 0 Å². The average molecular weight is 233 g/mol. The van der Waals surface area contributed by atoms with E-state index in [0.29, 0.717) is 0 Å². The van der Waals surface area contributed by atoms with Gasteiger partial charge in [0.1, 0.15) is 12.9 Å². The molecule has 0 radical (unpaired) electrons. The van der Waals surface area contributed by atoms with Gasteiger partial charge < -0.3 is 9.53 Å². The average Bonchev–Trinajstić information content (AvgIpc) is 2.39. The quantitative estimate of drug-likeness (QED) is 0.727. The van der Waals surface area contributed by atoms with Gasteiger partial charge in [0.2, 0.25) is 0 Å². The molecule has 1 aliphatic rings. The Labute approximate surface area is 102 Å². The molecule has 0 saturated carbocycles. The first-order valence-electron chi connectivity index (χ1n) is 6.20. The largest absolute Gasteiger partial charge is 0.371 e. The van der Waals surface area contributed by atoms with Crippen molar-refractivity contribution < 1.29 is 9.53 Å². The van der Waals surface area contributed by atoms with Gasteiger partial charge in [0.15, 0.2) is 0 Å². The fraction of sp³-hybridized carbons (Fsp3) is 0.500. The van der Waals surface area contributed by atoms with Gasteiger partial charge >= 0.3 is 0 Å². The van der Waals surface area contributed by atoms with Crippen LogP contribution in [-0.2, 0) is 16.1 Å². The normalized spacial score (nSPS) is 18.1. The van der Waals surface area contributed by atoms with Crippen LogP contribution in [0.3, 0.4) is 0 Å². The van der Waals surface area contributed by atoms with E-state index in [9.17, 15) is 4.79 Å². The van der Waals surface area contributed by atoms with Crippen molar-refractivity contribution in [3.8, 4) is 0 Å². The number of benzene rings is 1. The number of hydrogen-bond acceptors (Lipinski definition) is 3. The third kappa shape index (κ3) is 3.95. The maximum Gasteiger partial charge on any atom is 0.145 e. The molecule has 92 valence electrons. The van der Waals surface area contributed by atoms with Gasteiger partial charge in [-0.3, -0.25) is 4.90 Å². The lowest BCUT2D eigenvalue weighted by atomic mass is 10.1. The number of ether oxygens (including phenoxy) is 1. The number of likely N-dealkylation sites (tertiary alicyclic amines) is 1. The Morgan fingerprint density at radius 3 is 2.59 bits per heavy atom. The molecular weight excluding hydrogens is 214 g/mol. The van der Waals surface area contributed by atoms with Crippen LogP contribution in [0.25, 0.3) is 0 Å². The number of aldehydes is 1.